The number of pyridine rings is 1. The standard InChI is InChI=1S/C11H16N2O/c1-8-6-9(7-12-2)11-10(14-8)4-3-5-13-11/h3-5,8-9,12H,6-7H2,1-2H3/t8-,9+/m1/s1. The van der Waals surface area contributed by atoms with Gasteiger partial charge in [-0.25, -0.2) is 0 Å². The van der Waals surface area contributed by atoms with Crippen molar-refractivity contribution in [1.29, 1.82) is 0 Å². The molecule has 1 aliphatic heterocycles. The van der Waals surface area contributed by atoms with Crippen LogP contribution < -0.4 is 10.1 Å². The zero-order valence-electron chi connectivity index (χ0n) is 8.66. The molecule has 0 unspecified atom stereocenters. The van der Waals surface area contributed by atoms with Crippen molar-refractivity contribution in [2.75, 3.05) is 13.6 Å². The van der Waals surface area contributed by atoms with Gasteiger partial charge < -0.3 is 10.1 Å². The normalized spacial score (nSPS) is 25.3. The van der Waals surface area contributed by atoms with Crippen molar-refractivity contribution < 1.29 is 4.74 Å². The Hall–Kier alpha value is -1.09. The van der Waals surface area contributed by atoms with E-state index in [4.69, 9.17) is 4.74 Å². The van der Waals surface area contributed by atoms with Crippen LogP contribution in [0.1, 0.15) is 25.0 Å². The molecule has 2 atom stereocenters. The molecule has 0 aliphatic carbocycles. The molecule has 1 aromatic rings. The molecular formula is C11H16N2O. The molecule has 2 heterocycles. The van der Waals surface area contributed by atoms with Crippen LogP contribution in [0, 0.1) is 0 Å². The fourth-order valence-electron chi connectivity index (χ4n) is 2.01. The summed E-state index contributed by atoms with van der Waals surface area (Å²) in [7, 11) is 1.97. The van der Waals surface area contributed by atoms with Gasteiger partial charge in [0.25, 0.3) is 0 Å². The van der Waals surface area contributed by atoms with Crippen molar-refractivity contribution in [3.8, 4) is 5.75 Å². The van der Waals surface area contributed by atoms with Gasteiger partial charge >= 0.3 is 0 Å². The summed E-state index contributed by atoms with van der Waals surface area (Å²) in [6.07, 6.45) is 3.18. The fraction of sp³-hybridized carbons (Fsp3) is 0.545. The summed E-state index contributed by atoms with van der Waals surface area (Å²) in [6.45, 7) is 3.08. The van der Waals surface area contributed by atoms with Gasteiger partial charge in [-0.05, 0) is 32.5 Å². The Kier molecular flexibility index (Phi) is 2.68. The van der Waals surface area contributed by atoms with Gasteiger partial charge in [0.05, 0.1) is 11.8 Å². The Morgan fingerprint density at radius 3 is 3.29 bits per heavy atom. The largest absolute Gasteiger partial charge is 0.489 e. The quantitative estimate of drug-likeness (QED) is 0.772. The minimum Gasteiger partial charge on any atom is -0.489 e. The summed E-state index contributed by atoms with van der Waals surface area (Å²) in [6, 6.07) is 3.92. The number of nitrogens with one attached hydrogen (secondary N) is 1. The first-order valence-electron chi connectivity index (χ1n) is 5.07. The second-order valence-electron chi connectivity index (χ2n) is 3.81. The van der Waals surface area contributed by atoms with Crippen LogP contribution in [0.25, 0.3) is 0 Å². The second-order valence-corrected chi connectivity index (χ2v) is 3.81. The summed E-state index contributed by atoms with van der Waals surface area (Å²) in [5.41, 5.74) is 1.10. The third kappa shape index (κ3) is 1.73. The van der Waals surface area contributed by atoms with E-state index in [0.29, 0.717) is 12.0 Å². The maximum atomic E-state index is 5.72. The average Bonchev–Trinajstić information content (AvgIpc) is 2.18. The molecule has 0 saturated heterocycles. The van der Waals surface area contributed by atoms with Gasteiger partial charge in [0.1, 0.15) is 5.75 Å². The molecule has 2 rings (SSSR count). The first-order chi connectivity index (χ1) is 6.81. The third-order valence-corrected chi connectivity index (χ3v) is 2.58. The first-order valence-corrected chi connectivity index (χ1v) is 5.07. The van der Waals surface area contributed by atoms with Crippen molar-refractivity contribution >= 4 is 0 Å². The van der Waals surface area contributed by atoms with Crippen molar-refractivity contribution in [2.24, 2.45) is 0 Å². The van der Waals surface area contributed by atoms with Crippen molar-refractivity contribution in [1.82, 2.24) is 10.3 Å². The summed E-state index contributed by atoms with van der Waals surface area (Å²) < 4.78 is 5.72. The molecule has 0 fully saturated rings. The van der Waals surface area contributed by atoms with E-state index in [-0.39, 0.29) is 0 Å². The maximum Gasteiger partial charge on any atom is 0.141 e. The predicted molar refractivity (Wildman–Crippen MR) is 55.6 cm³/mol. The van der Waals surface area contributed by atoms with Gasteiger partial charge in [0.2, 0.25) is 0 Å². The molecule has 14 heavy (non-hydrogen) atoms. The van der Waals surface area contributed by atoms with Crippen LogP contribution in [0.2, 0.25) is 0 Å². The summed E-state index contributed by atoms with van der Waals surface area (Å²) in [4.78, 5) is 4.39. The molecule has 0 aromatic carbocycles. The van der Waals surface area contributed by atoms with Gasteiger partial charge in [-0.1, -0.05) is 0 Å². The van der Waals surface area contributed by atoms with Gasteiger partial charge in [-0.3, -0.25) is 4.98 Å². The van der Waals surface area contributed by atoms with E-state index in [1.165, 1.54) is 0 Å². The van der Waals surface area contributed by atoms with Gasteiger partial charge in [0, 0.05) is 18.7 Å². The minimum absolute atomic E-state index is 0.296. The molecule has 1 aromatic heterocycles. The Bertz CT molecular complexity index is 314. The van der Waals surface area contributed by atoms with E-state index in [9.17, 15) is 0 Å². The number of ether oxygens (including phenoxy) is 1. The van der Waals surface area contributed by atoms with Crippen LogP contribution in [0.4, 0.5) is 0 Å². The van der Waals surface area contributed by atoms with Crippen LogP contribution in [0.5, 0.6) is 5.75 Å². The molecule has 3 nitrogen and oxygen atoms in total. The molecule has 3 heteroatoms. The Balaban J connectivity index is 2.28. The lowest BCUT2D eigenvalue weighted by atomic mass is 9.94. The number of nitrogens with zero attached hydrogens (tertiary/aromatic N) is 1. The zero-order chi connectivity index (χ0) is 9.97. The van der Waals surface area contributed by atoms with Crippen molar-refractivity contribution in [3.63, 3.8) is 0 Å². The number of likely N-dealkylation sites (N-methyl/N-ethyl adjacent to an activating group) is 1. The van der Waals surface area contributed by atoms with Crippen molar-refractivity contribution in [3.05, 3.63) is 24.0 Å². The zero-order valence-corrected chi connectivity index (χ0v) is 8.66. The van der Waals surface area contributed by atoms with Gasteiger partial charge in [-0.2, -0.15) is 0 Å². The molecule has 1 N–H and O–H groups in total. The number of rotatable bonds is 2. The molecule has 1 aliphatic rings. The van der Waals surface area contributed by atoms with E-state index in [1.807, 2.05) is 25.4 Å². The molecule has 0 amide bonds. The molecule has 76 valence electrons. The third-order valence-electron chi connectivity index (χ3n) is 2.58. The van der Waals surface area contributed by atoms with Crippen molar-refractivity contribution in [2.45, 2.75) is 25.4 Å². The SMILES string of the molecule is CNC[C@@H]1C[C@@H](C)Oc2cccnc21. The second kappa shape index (κ2) is 3.96. The minimum atomic E-state index is 0.296. The lowest BCUT2D eigenvalue weighted by Gasteiger charge is -2.29. The van der Waals surface area contributed by atoms with E-state index in [0.717, 1.165) is 24.4 Å². The highest BCUT2D eigenvalue weighted by atomic mass is 16.5. The van der Waals surface area contributed by atoms with Crippen LogP contribution >= 0.6 is 0 Å². The molecule has 0 spiro atoms. The van der Waals surface area contributed by atoms with Crippen LogP contribution in [-0.2, 0) is 0 Å². The van der Waals surface area contributed by atoms with Crippen LogP contribution in [0.15, 0.2) is 18.3 Å². The highest BCUT2D eigenvalue weighted by molar-refractivity contribution is 5.32. The number of hydrogen-bond acceptors (Lipinski definition) is 3. The first kappa shape index (κ1) is 9.46. The van der Waals surface area contributed by atoms with Crippen LogP contribution in [-0.4, -0.2) is 24.7 Å². The maximum absolute atomic E-state index is 5.72. The number of aromatic nitrogens is 1. The Labute approximate surface area is 84.5 Å². The van der Waals surface area contributed by atoms with E-state index < -0.39 is 0 Å². The number of hydrogen-bond donors (Lipinski definition) is 1. The highest BCUT2D eigenvalue weighted by Crippen LogP contribution is 2.33. The average molecular weight is 192 g/mol. The topological polar surface area (TPSA) is 34.1 Å². The Morgan fingerprint density at radius 1 is 1.64 bits per heavy atom. The van der Waals surface area contributed by atoms with Gasteiger partial charge in [0.15, 0.2) is 0 Å². The Morgan fingerprint density at radius 2 is 2.50 bits per heavy atom. The van der Waals surface area contributed by atoms with Crippen LogP contribution in [0.3, 0.4) is 0 Å². The summed E-state index contributed by atoms with van der Waals surface area (Å²) >= 11 is 0. The van der Waals surface area contributed by atoms with E-state index >= 15 is 0 Å². The molecule has 0 bridgehead atoms. The highest BCUT2D eigenvalue weighted by Gasteiger charge is 2.25. The lowest BCUT2D eigenvalue weighted by molar-refractivity contribution is 0.172. The van der Waals surface area contributed by atoms with E-state index in [1.54, 1.807) is 0 Å². The van der Waals surface area contributed by atoms with E-state index in [2.05, 4.69) is 17.2 Å². The lowest BCUT2D eigenvalue weighted by Crippen LogP contribution is -2.29. The monoisotopic (exact) mass is 192 g/mol. The fourth-order valence-corrected chi connectivity index (χ4v) is 2.01. The summed E-state index contributed by atoms with van der Waals surface area (Å²) in [5.74, 6) is 1.44. The number of fused-ring (bicyclic) bond motifs is 1. The van der Waals surface area contributed by atoms with Gasteiger partial charge in [-0.15, -0.1) is 0 Å². The smallest absolute Gasteiger partial charge is 0.141 e. The predicted octanol–water partition coefficient (Wildman–Crippen LogP) is 1.56. The summed E-state index contributed by atoms with van der Waals surface area (Å²) in [5, 5.41) is 3.20. The molecular weight excluding hydrogens is 176 g/mol. The molecule has 0 radical (unpaired) electrons. The molecule has 0 saturated carbocycles.